The minimum absolute atomic E-state index is 0.193. The van der Waals surface area contributed by atoms with Gasteiger partial charge >= 0.3 is 0 Å². The van der Waals surface area contributed by atoms with Crippen LogP contribution in [0.1, 0.15) is 29.0 Å². The summed E-state index contributed by atoms with van der Waals surface area (Å²) in [5.74, 6) is 1.95. The summed E-state index contributed by atoms with van der Waals surface area (Å²) in [5.41, 5.74) is 2.16. The van der Waals surface area contributed by atoms with Gasteiger partial charge in [0.1, 0.15) is 11.5 Å². The maximum absolute atomic E-state index is 5.91. The van der Waals surface area contributed by atoms with Crippen LogP contribution in [0.5, 0.6) is 0 Å². The van der Waals surface area contributed by atoms with Crippen LogP contribution in [-0.2, 0) is 24.4 Å². The van der Waals surface area contributed by atoms with Gasteiger partial charge in [0, 0.05) is 25.5 Å². The third-order valence-electron chi connectivity index (χ3n) is 4.41. The average molecular weight is 338 g/mol. The lowest BCUT2D eigenvalue weighted by Crippen LogP contribution is -2.39. The Morgan fingerprint density at radius 1 is 1.20 bits per heavy atom. The van der Waals surface area contributed by atoms with Crippen molar-refractivity contribution < 1.29 is 9.15 Å². The molecule has 1 unspecified atom stereocenters. The average Bonchev–Trinajstić information content (AvgIpc) is 3.25. The number of aryl methyl sites for hydroxylation is 1. The molecule has 0 aliphatic carbocycles. The van der Waals surface area contributed by atoms with Gasteiger partial charge in [0.25, 0.3) is 0 Å². The first kappa shape index (κ1) is 16.1. The minimum atomic E-state index is 0.193. The van der Waals surface area contributed by atoms with Gasteiger partial charge in [0.15, 0.2) is 0 Å². The number of nitrogens with zero attached hydrogens (tertiary/aromatic N) is 4. The van der Waals surface area contributed by atoms with Gasteiger partial charge in [-0.2, -0.15) is 5.10 Å². The lowest BCUT2D eigenvalue weighted by Gasteiger charge is -2.33. The zero-order chi connectivity index (χ0) is 17.1. The standard InChI is InChI=1S/C19H22N4O2/c1-15-5-6-19(25-15)12-22-10-17-7-9-21-23(17)18(11-22)14-24-13-16-4-2-3-8-20-16/h2-9,18H,10-14H2,1H3. The van der Waals surface area contributed by atoms with Crippen molar-refractivity contribution >= 4 is 0 Å². The Balaban J connectivity index is 1.40. The highest BCUT2D eigenvalue weighted by Crippen LogP contribution is 2.23. The first-order chi connectivity index (χ1) is 12.3. The fourth-order valence-electron chi connectivity index (χ4n) is 3.28. The summed E-state index contributed by atoms with van der Waals surface area (Å²) in [6.45, 7) is 5.66. The van der Waals surface area contributed by atoms with E-state index in [9.17, 15) is 0 Å². The number of hydrogen-bond acceptors (Lipinski definition) is 5. The number of fused-ring (bicyclic) bond motifs is 1. The second-order valence-electron chi connectivity index (χ2n) is 6.44. The first-order valence-electron chi connectivity index (χ1n) is 8.55. The predicted molar refractivity (Wildman–Crippen MR) is 92.7 cm³/mol. The van der Waals surface area contributed by atoms with E-state index in [2.05, 4.69) is 25.7 Å². The highest BCUT2D eigenvalue weighted by molar-refractivity contribution is 5.09. The lowest BCUT2D eigenvalue weighted by atomic mass is 10.2. The molecule has 0 aromatic carbocycles. The van der Waals surface area contributed by atoms with E-state index in [1.807, 2.05) is 43.5 Å². The van der Waals surface area contributed by atoms with Gasteiger partial charge in [-0.25, -0.2) is 0 Å². The normalized spacial score (nSPS) is 17.6. The molecule has 130 valence electrons. The molecule has 3 aromatic rings. The van der Waals surface area contributed by atoms with E-state index < -0.39 is 0 Å². The topological polar surface area (TPSA) is 56.3 Å². The molecular formula is C19H22N4O2. The molecule has 1 atom stereocenters. The zero-order valence-corrected chi connectivity index (χ0v) is 14.3. The number of ether oxygens (including phenoxy) is 1. The van der Waals surface area contributed by atoms with Gasteiger partial charge in [-0.1, -0.05) is 6.07 Å². The molecule has 0 saturated heterocycles. The summed E-state index contributed by atoms with van der Waals surface area (Å²) in [5, 5.41) is 4.48. The SMILES string of the molecule is Cc1ccc(CN2Cc3ccnn3C(COCc3ccccn3)C2)o1. The summed E-state index contributed by atoms with van der Waals surface area (Å²) in [7, 11) is 0. The fourth-order valence-corrected chi connectivity index (χ4v) is 3.28. The molecule has 0 radical (unpaired) electrons. The largest absolute Gasteiger partial charge is 0.465 e. The van der Waals surface area contributed by atoms with Crippen LogP contribution in [0.2, 0.25) is 0 Å². The molecule has 0 amide bonds. The molecule has 6 heteroatoms. The Kier molecular flexibility index (Phi) is 4.63. The van der Waals surface area contributed by atoms with E-state index >= 15 is 0 Å². The Morgan fingerprint density at radius 2 is 2.16 bits per heavy atom. The Labute approximate surface area is 147 Å². The van der Waals surface area contributed by atoms with Crippen molar-refractivity contribution in [3.8, 4) is 0 Å². The highest BCUT2D eigenvalue weighted by Gasteiger charge is 2.26. The van der Waals surface area contributed by atoms with Crippen molar-refractivity contribution in [1.82, 2.24) is 19.7 Å². The molecule has 0 spiro atoms. The van der Waals surface area contributed by atoms with Crippen LogP contribution >= 0.6 is 0 Å². The predicted octanol–water partition coefficient (Wildman–Crippen LogP) is 2.95. The molecule has 3 aromatic heterocycles. The Bertz CT molecular complexity index is 812. The van der Waals surface area contributed by atoms with Crippen molar-refractivity contribution in [1.29, 1.82) is 0 Å². The van der Waals surface area contributed by atoms with E-state index in [1.54, 1.807) is 6.20 Å². The number of furan rings is 1. The van der Waals surface area contributed by atoms with E-state index in [1.165, 1.54) is 5.69 Å². The molecule has 4 rings (SSSR count). The van der Waals surface area contributed by atoms with Crippen molar-refractivity contribution in [2.24, 2.45) is 0 Å². The van der Waals surface area contributed by atoms with Crippen molar-refractivity contribution in [3.05, 3.63) is 71.7 Å². The quantitative estimate of drug-likeness (QED) is 0.692. The fraction of sp³-hybridized carbons (Fsp3) is 0.368. The first-order valence-corrected chi connectivity index (χ1v) is 8.55. The summed E-state index contributed by atoms with van der Waals surface area (Å²) < 4.78 is 13.7. The van der Waals surface area contributed by atoms with E-state index in [-0.39, 0.29) is 6.04 Å². The summed E-state index contributed by atoms with van der Waals surface area (Å²) in [6, 6.07) is 12.2. The van der Waals surface area contributed by atoms with Crippen LogP contribution in [0.4, 0.5) is 0 Å². The molecule has 6 nitrogen and oxygen atoms in total. The Hall–Kier alpha value is -2.44. The van der Waals surface area contributed by atoms with Crippen LogP contribution in [0.15, 0.2) is 53.2 Å². The second-order valence-corrected chi connectivity index (χ2v) is 6.44. The maximum Gasteiger partial charge on any atom is 0.118 e. The molecule has 1 aliphatic rings. The highest BCUT2D eigenvalue weighted by atomic mass is 16.5. The molecule has 0 bridgehead atoms. The van der Waals surface area contributed by atoms with Crippen LogP contribution in [0.25, 0.3) is 0 Å². The molecule has 1 aliphatic heterocycles. The smallest absolute Gasteiger partial charge is 0.118 e. The van der Waals surface area contributed by atoms with Crippen LogP contribution < -0.4 is 0 Å². The molecular weight excluding hydrogens is 316 g/mol. The summed E-state index contributed by atoms with van der Waals surface area (Å²) >= 11 is 0. The van der Waals surface area contributed by atoms with Crippen molar-refractivity contribution in [3.63, 3.8) is 0 Å². The monoisotopic (exact) mass is 338 g/mol. The lowest BCUT2D eigenvalue weighted by molar-refractivity contribution is 0.0502. The van der Waals surface area contributed by atoms with Gasteiger partial charge in [-0.3, -0.25) is 14.6 Å². The van der Waals surface area contributed by atoms with Gasteiger partial charge in [0.05, 0.1) is 37.2 Å². The molecule has 25 heavy (non-hydrogen) atoms. The van der Waals surface area contributed by atoms with Gasteiger partial charge < -0.3 is 9.15 Å². The van der Waals surface area contributed by atoms with Crippen LogP contribution in [-0.4, -0.2) is 32.8 Å². The zero-order valence-electron chi connectivity index (χ0n) is 14.3. The number of aromatic nitrogens is 3. The second kappa shape index (κ2) is 7.21. The van der Waals surface area contributed by atoms with Crippen molar-refractivity contribution in [2.75, 3.05) is 13.2 Å². The molecule has 4 heterocycles. The maximum atomic E-state index is 5.91. The van der Waals surface area contributed by atoms with Crippen LogP contribution in [0.3, 0.4) is 0 Å². The van der Waals surface area contributed by atoms with Gasteiger partial charge in [-0.05, 0) is 37.3 Å². The van der Waals surface area contributed by atoms with Gasteiger partial charge in [0.2, 0.25) is 0 Å². The van der Waals surface area contributed by atoms with Crippen LogP contribution in [0, 0.1) is 6.92 Å². The molecule has 0 N–H and O–H groups in total. The van der Waals surface area contributed by atoms with Gasteiger partial charge in [-0.15, -0.1) is 0 Å². The minimum Gasteiger partial charge on any atom is -0.465 e. The number of rotatable bonds is 6. The molecule has 0 saturated carbocycles. The summed E-state index contributed by atoms with van der Waals surface area (Å²) in [6.07, 6.45) is 3.65. The van der Waals surface area contributed by atoms with Crippen molar-refractivity contribution in [2.45, 2.75) is 32.7 Å². The Morgan fingerprint density at radius 3 is 2.96 bits per heavy atom. The summed E-state index contributed by atoms with van der Waals surface area (Å²) in [4.78, 5) is 6.68. The third-order valence-corrected chi connectivity index (χ3v) is 4.41. The van der Waals surface area contributed by atoms with E-state index in [4.69, 9.17) is 9.15 Å². The molecule has 0 fully saturated rings. The van der Waals surface area contributed by atoms with E-state index in [0.717, 1.165) is 36.8 Å². The van der Waals surface area contributed by atoms with E-state index in [0.29, 0.717) is 13.2 Å². The number of pyridine rings is 1. The number of hydrogen-bond donors (Lipinski definition) is 0. The third kappa shape index (κ3) is 3.81.